The number of nitrogens with zero attached hydrogens (tertiary/aromatic N) is 2. The van der Waals surface area contributed by atoms with Gasteiger partial charge in [-0.3, -0.25) is 9.48 Å². The molecule has 3 fully saturated rings. The molecule has 5 nitrogen and oxygen atoms in total. The smallest absolute Gasteiger partial charge is 0.228 e. The first-order chi connectivity index (χ1) is 19.3. The maximum absolute atomic E-state index is 14.4. The molecule has 5 heteroatoms. The second-order valence-electron chi connectivity index (χ2n) is 14.1. The summed E-state index contributed by atoms with van der Waals surface area (Å²) in [7, 11) is 1.72. The predicted octanol–water partition coefficient (Wildman–Crippen LogP) is 7.57. The van der Waals surface area contributed by atoms with E-state index in [1.54, 1.807) is 7.11 Å². The first kappa shape index (κ1) is 27.8. The lowest BCUT2D eigenvalue weighted by Gasteiger charge is -2.43. The first-order valence-corrected chi connectivity index (χ1v) is 16.3. The monoisotopic (exact) mass is 545 g/mol. The van der Waals surface area contributed by atoms with Gasteiger partial charge in [-0.2, -0.15) is 5.10 Å². The molecule has 3 saturated carbocycles. The number of hydrogen-bond acceptors (Lipinski definition) is 3. The summed E-state index contributed by atoms with van der Waals surface area (Å²) in [6, 6.07) is 8.77. The largest absolute Gasteiger partial charge is 0.496 e. The van der Waals surface area contributed by atoms with Gasteiger partial charge in [0, 0.05) is 23.7 Å². The van der Waals surface area contributed by atoms with E-state index in [4.69, 9.17) is 9.84 Å². The van der Waals surface area contributed by atoms with Crippen LogP contribution in [0.2, 0.25) is 0 Å². The maximum Gasteiger partial charge on any atom is 0.228 e. The molecule has 0 radical (unpaired) electrons. The van der Waals surface area contributed by atoms with Crippen LogP contribution in [-0.4, -0.2) is 28.8 Å². The number of carbonyl (C=O) groups is 1. The zero-order chi connectivity index (χ0) is 28.1. The van der Waals surface area contributed by atoms with Gasteiger partial charge in [0.15, 0.2) is 0 Å². The molecule has 1 aromatic carbocycles. The average molecular weight is 546 g/mol. The number of ether oxygens (including phenoxy) is 1. The van der Waals surface area contributed by atoms with Crippen LogP contribution in [-0.2, 0) is 24.1 Å². The summed E-state index contributed by atoms with van der Waals surface area (Å²) in [5.41, 5.74) is 5.52. The van der Waals surface area contributed by atoms with Crippen molar-refractivity contribution in [3.8, 4) is 5.75 Å². The van der Waals surface area contributed by atoms with Crippen molar-refractivity contribution in [2.75, 3.05) is 7.11 Å². The minimum absolute atomic E-state index is 0.123. The summed E-state index contributed by atoms with van der Waals surface area (Å²) in [4.78, 5) is 14.4. The van der Waals surface area contributed by atoms with E-state index in [1.165, 1.54) is 75.5 Å². The second kappa shape index (κ2) is 10.8. The zero-order valence-corrected chi connectivity index (χ0v) is 25.6. The Morgan fingerprint density at radius 3 is 2.55 bits per heavy atom. The van der Waals surface area contributed by atoms with Crippen LogP contribution in [0.25, 0.3) is 0 Å². The molecule has 5 unspecified atom stereocenters. The Bertz CT molecular complexity index is 1220. The minimum Gasteiger partial charge on any atom is -0.496 e. The van der Waals surface area contributed by atoms with Crippen molar-refractivity contribution in [2.45, 2.75) is 129 Å². The lowest BCUT2D eigenvalue weighted by atomic mass is 9.65. The molecule has 4 aliphatic rings. The number of carbonyl (C=O) groups excluding carboxylic acids is 1. The Morgan fingerprint density at radius 1 is 1.07 bits per heavy atom. The van der Waals surface area contributed by atoms with Crippen LogP contribution >= 0.6 is 0 Å². The number of rotatable bonds is 9. The molecule has 1 aromatic heterocycles. The molecule has 6 rings (SSSR count). The van der Waals surface area contributed by atoms with Gasteiger partial charge in [-0.15, -0.1) is 0 Å². The molecule has 40 heavy (non-hydrogen) atoms. The van der Waals surface area contributed by atoms with Gasteiger partial charge in [-0.25, -0.2) is 0 Å². The van der Waals surface area contributed by atoms with E-state index in [2.05, 4.69) is 43.8 Å². The molecule has 0 spiro atoms. The summed E-state index contributed by atoms with van der Waals surface area (Å²) in [5.74, 6) is 2.07. The lowest BCUT2D eigenvalue weighted by molar-refractivity contribution is -0.124. The third-order valence-electron chi connectivity index (χ3n) is 12.0. The second-order valence-corrected chi connectivity index (χ2v) is 14.1. The SMILES string of the molecule is COc1ccccc1C(Cc1nn(C2CCCCC2)c2c1CCCC2)C(=O)NC(C)C1(C)CCC2CC21C(C)C. The number of fused-ring (bicyclic) bond motifs is 2. The van der Waals surface area contributed by atoms with Crippen molar-refractivity contribution < 1.29 is 9.53 Å². The van der Waals surface area contributed by atoms with Gasteiger partial charge in [-0.1, -0.05) is 58.2 Å². The van der Waals surface area contributed by atoms with E-state index in [0.717, 1.165) is 35.8 Å². The molecule has 2 aromatic rings. The van der Waals surface area contributed by atoms with E-state index < -0.39 is 0 Å². The van der Waals surface area contributed by atoms with Gasteiger partial charge in [0.05, 0.1) is 24.8 Å². The highest BCUT2D eigenvalue weighted by Gasteiger charge is 2.70. The van der Waals surface area contributed by atoms with E-state index in [1.807, 2.05) is 18.2 Å². The highest BCUT2D eigenvalue weighted by molar-refractivity contribution is 5.85. The van der Waals surface area contributed by atoms with Gasteiger partial charge >= 0.3 is 0 Å². The normalized spacial score (nSPS) is 29.5. The Kier molecular flexibility index (Phi) is 7.54. The van der Waals surface area contributed by atoms with Crippen LogP contribution < -0.4 is 10.1 Å². The van der Waals surface area contributed by atoms with Gasteiger partial charge in [0.2, 0.25) is 5.91 Å². The predicted molar refractivity (Wildman–Crippen MR) is 161 cm³/mol. The highest BCUT2D eigenvalue weighted by atomic mass is 16.5. The van der Waals surface area contributed by atoms with E-state index in [-0.39, 0.29) is 23.3 Å². The van der Waals surface area contributed by atoms with Crippen molar-refractivity contribution >= 4 is 5.91 Å². The maximum atomic E-state index is 14.4. The Balaban J connectivity index is 1.32. The molecular formula is C35H51N3O2. The third-order valence-corrected chi connectivity index (χ3v) is 12.0. The van der Waals surface area contributed by atoms with E-state index >= 15 is 0 Å². The van der Waals surface area contributed by atoms with Gasteiger partial charge < -0.3 is 10.1 Å². The fraction of sp³-hybridized carbons (Fsp3) is 0.714. The molecule has 1 amide bonds. The van der Waals surface area contributed by atoms with E-state index in [9.17, 15) is 4.79 Å². The molecule has 218 valence electrons. The number of benzene rings is 1. The van der Waals surface area contributed by atoms with Crippen molar-refractivity contribution in [1.82, 2.24) is 15.1 Å². The number of para-hydroxylation sites is 1. The summed E-state index contributed by atoms with van der Waals surface area (Å²) in [5, 5.41) is 8.93. The summed E-state index contributed by atoms with van der Waals surface area (Å²) < 4.78 is 8.22. The molecule has 1 N–H and O–H groups in total. The van der Waals surface area contributed by atoms with Crippen LogP contribution in [0.3, 0.4) is 0 Å². The Labute approximate surface area is 241 Å². The topological polar surface area (TPSA) is 56.2 Å². The van der Waals surface area contributed by atoms with Gasteiger partial charge in [0.25, 0.3) is 0 Å². The van der Waals surface area contributed by atoms with Crippen molar-refractivity contribution in [1.29, 1.82) is 0 Å². The molecule has 5 atom stereocenters. The number of amides is 1. The van der Waals surface area contributed by atoms with Crippen molar-refractivity contribution in [3.63, 3.8) is 0 Å². The highest BCUT2D eigenvalue weighted by Crippen LogP contribution is 2.76. The molecular weight excluding hydrogens is 494 g/mol. The average Bonchev–Trinajstić information content (AvgIpc) is 3.52. The number of nitrogens with one attached hydrogen (secondary N) is 1. The lowest BCUT2D eigenvalue weighted by Crippen LogP contribution is -2.50. The number of hydrogen-bond donors (Lipinski definition) is 1. The first-order valence-electron chi connectivity index (χ1n) is 16.3. The summed E-state index contributed by atoms with van der Waals surface area (Å²) in [6.07, 6.45) is 15.6. The van der Waals surface area contributed by atoms with Crippen molar-refractivity contribution in [2.24, 2.45) is 22.7 Å². The fourth-order valence-electron chi connectivity index (χ4n) is 9.56. The molecule has 0 saturated heterocycles. The minimum atomic E-state index is -0.325. The van der Waals surface area contributed by atoms with Gasteiger partial charge in [0.1, 0.15) is 5.75 Å². The molecule has 4 aliphatic carbocycles. The molecule has 0 aliphatic heterocycles. The van der Waals surface area contributed by atoms with Crippen LogP contribution in [0.5, 0.6) is 5.75 Å². The Morgan fingerprint density at radius 2 is 1.82 bits per heavy atom. The standard InChI is InChI=1S/C35H51N3O2/c1-23(2)35-22-25(35)19-20-34(35,4)24(3)36-33(39)29(27-15-10-12-18-32(27)40-5)21-30-28-16-9-11-17-31(28)38(37-30)26-13-7-6-8-14-26/h10,12,15,18,23-26,29H,6-9,11,13-14,16-17,19-22H2,1-5H3,(H,36,39). The van der Waals surface area contributed by atoms with Crippen LogP contribution in [0, 0.1) is 22.7 Å². The Hall–Kier alpha value is -2.30. The van der Waals surface area contributed by atoms with Crippen LogP contribution in [0.1, 0.15) is 126 Å². The molecule has 0 bridgehead atoms. The third kappa shape index (κ3) is 4.50. The van der Waals surface area contributed by atoms with Crippen molar-refractivity contribution in [3.05, 3.63) is 46.8 Å². The fourth-order valence-corrected chi connectivity index (χ4v) is 9.56. The summed E-state index contributed by atoms with van der Waals surface area (Å²) in [6.45, 7) is 9.50. The van der Waals surface area contributed by atoms with Gasteiger partial charge in [-0.05, 0) is 99.0 Å². The van der Waals surface area contributed by atoms with Crippen LogP contribution in [0.15, 0.2) is 24.3 Å². The molecule has 1 heterocycles. The summed E-state index contributed by atoms with van der Waals surface area (Å²) >= 11 is 0. The number of methoxy groups -OCH3 is 1. The van der Waals surface area contributed by atoms with Crippen LogP contribution in [0.4, 0.5) is 0 Å². The van der Waals surface area contributed by atoms with E-state index in [0.29, 0.717) is 23.8 Å². The quantitative estimate of drug-likeness (QED) is 0.354. The zero-order valence-electron chi connectivity index (χ0n) is 25.6. The number of aromatic nitrogens is 2.